The Morgan fingerprint density at radius 2 is 2.14 bits per heavy atom. The molecule has 3 rings (SSSR count). The maximum atomic E-state index is 11.8. The Kier molecular flexibility index (Phi) is 3.37. The number of aromatic hydroxyl groups is 1. The van der Waals surface area contributed by atoms with Crippen molar-refractivity contribution in [1.29, 1.82) is 0 Å². The number of halogens is 2. The number of phenols is 1. The molecule has 8 heteroatoms. The van der Waals surface area contributed by atoms with Gasteiger partial charge in [-0.1, -0.05) is 23.2 Å². The Balaban J connectivity index is 1.93. The first-order valence-corrected chi connectivity index (χ1v) is 7.09. The highest BCUT2D eigenvalue weighted by Crippen LogP contribution is 2.45. The molecule has 2 saturated heterocycles. The summed E-state index contributed by atoms with van der Waals surface area (Å²) in [6.07, 6.45) is -1.13. The first kappa shape index (κ1) is 14.3. The third-order valence-electron chi connectivity index (χ3n) is 3.95. The minimum atomic E-state index is -0.970. The van der Waals surface area contributed by atoms with E-state index in [2.05, 4.69) is 0 Å². The van der Waals surface area contributed by atoms with E-state index in [9.17, 15) is 14.7 Å². The molecule has 0 saturated carbocycles. The average Bonchev–Trinajstić information content (AvgIpc) is 2.96. The molecular formula is C13H12Cl2N2O4. The molecule has 3 N–H and O–H groups in total. The second-order valence-electron chi connectivity index (χ2n) is 5.15. The van der Waals surface area contributed by atoms with Gasteiger partial charge < -0.3 is 20.5 Å². The number of carbonyl (C=O) groups excluding carboxylic acids is 2. The molecule has 0 aromatic heterocycles. The number of phenolic OH excluding ortho intramolecular Hbond substituents is 1. The summed E-state index contributed by atoms with van der Waals surface area (Å²) in [6, 6.07) is 2.52. The van der Waals surface area contributed by atoms with Gasteiger partial charge in [0.05, 0.1) is 16.1 Å². The minimum Gasteiger partial charge on any atom is -0.508 e. The molecule has 2 heterocycles. The number of rotatable bonds is 2. The Hall–Kier alpha value is -1.66. The molecule has 1 aromatic rings. The highest BCUT2D eigenvalue weighted by Gasteiger charge is 2.51. The second kappa shape index (κ2) is 4.96. The molecule has 0 spiro atoms. The number of hydrogen-bond acceptors (Lipinski definition) is 4. The first-order chi connectivity index (χ1) is 9.90. The molecule has 2 amide bonds. The van der Waals surface area contributed by atoms with Crippen LogP contribution in [0.1, 0.15) is 17.9 Å². The van der Waals surface area contributed by atoms with Gasteiger partial charge in [0.15, 0.2) is 0 Å². The van der Waals surface area contributed by atoms with Crippen molar-refractivity contribution in [2.45, 2.75) is 24.5 Å². The van der Waals surface area contributed by atoms with E-state index < -0.39 is 24.1 Å². The van der Waals surface area contributed by atoms with Gasteiger partial charge in [-0.2, -0.15) is 0 Å². The lowest BCUT2D eigenvalue weighted by atomic mass is 9.93. The van der Waals surface area contributed by atoms with E-state index in [1.54, 1.807) is 0 Å². The average molecular weight is 331 g/mol. The third-order valence-corrected chi connectivity index (χ3v) is 4.77. The highest BCUT2D eigenvalue weighted by atomic mass is 35.5. The molecule has 2 fully saturated rings. The lowest BCUT2D eigenvalue weighted by molar-refractivity contribution is -0.125. The van der Waals surface area contributed by atoms with Crippen LogP contribution in [-0.4, -0.2) is 40.7 Å². The number of amides is 2. The fourth-order valence-electron chi connectivity index (χ4n) is 3.02. The molecule has 6 nitrogen and oxygen atoms in total. The summed E-state index contributed by atoms with van der Waals surface area (Å²) >= 11 is 12.1. The molecule has 0 aliphatic carbocycles. The highest BCUT2D eigenvalue weighted by molar-refractivity contribution is 6.42. The number of ether oxygens (including phenoxy) is 1. The molecule has 3 atom stereocenters. The van der Waals surface area contributed by atoms with Crippen molar-refractivity contribution in [3.8, 4) is 5.75 Å². The van der Waals surface area contributed by atoms with Gasteiger partial charge in [0.25, 0.3) is 5.91 Å². The van der Waals surface area contributed by atoms with Crippen molar-refractivity contribution in [2.75, 3.05) is 6.54 Å². The van der Waals surface area contributed by atoms with Crippen LogP contribution in [0.3, 0.4) is 0 Å². The molecule has 112 valence electrons. The van der Waals surface area contributed by atoms with Gasteiger partial charge in [0.1, 0.15) is 5.75 Å². The van der Waals surface area contributed by atoms with Crippen LogP contribution in [0.4, 0.5) is 4.79 Å². The SMILES string of the molecule is NC(=O)[C@@H]1OC(=O)N2C[C@@H](c3c(O)ccc(Cl)c3Cl)C[C@@H]12. The van der Waals surface area contributed by atoms with Crippen molar-refractivity contribution in [1.82, 2.24) is 4.90 Å². The molecular weight excluding hydrogens is 319 g/mol. The molecule has 0 radical (unpaired) electrons. The van der Waals surface area contributed by atoms with Gasteiger partial charge in [0, 0.05) is 18.0 Å². The number of nitrogens with zero attached hydrogens (tertiary/aromatic N) is 1. The Labute approximate surface area is 130 Å². The van der Waals surface area contributed by atoms with Gasteiger partial charge in [0.2, 0.25) is 6.10 Å². The van der Waals surface area contributed by atoms with Crippen LogP contribution in [0, 0.1) is 0 Å². The van der Waals surface area contributed by atoms with E-state index in [0.717, 1.165) is 0 Å². The summed E-state index contributed by atoms with van der Waals surface area (Å²) in [5, 5.41) is 10.6. The molecule has 2 aliphatic heterocycles. The number of fused-ring (bicyclic) bond motifs is 1. The normalized spacial score (nSPS) is 27.6. The van der Waals surface area contributed by atoms with E-state index >= 15 is 0 Å². The van der Waals surface area contributed by atoms with Crippen molar-refractivity contribution in [3.63, 3.8) is 0 Å². The second-order valence-corrected chi connectivity index (χ2v) is 5.94. The van der Waals surface area contributed by atoms with Crippen LogP contribution in [0.5, 0.6) is 5.75 Å². The molecule has 0 unspecified atom stereocenters. The quantitative estimate of drug-likeness (QED) is 0.865. The zero-order valence-electron chi connectivity index (χ0n) is 10.8. The van der Waals surface area contributed by atoms with Crippen molar-refractivity contribution in [3.05, 3.63) is 27.7 Å². The maximum Gasteiger partial charge on any atom is 0.411 e. The summed E-state index contributed by atoms with van der Waals surface area (Å²) in [7, 11) is 0. The van der Waals surface area contributed by atoms with Gasteiger partial charge in [-0.3, -0.25) is 4.79 Å². The summed E-state index contributed by atoms with van der Waals surface area (Å²) < 4.78 is 4.95. The van der Waals surface area contributed by atoms with Crippen LogP contribution < -0.4 is 5.73 Å². The van der Waals surface area contributed by atoms with E-state index in [-0.39, 0.29) is 16.7 Å². The molecule has 21 heavy (non-hydrogen) atoms. The number of carbonyl (C=O) groups is 2. The molecule has 1 aromatic carbocycles. The Morgan fingerprint density at radius 1 is 1.43 bits per heavy atom. The lowest BCUT2D eigenvalue weighted by Gasteiger charge is -2.16. The number of primary amides is 1. The number of nitrogens with two attached hydrogens (primary N) is 1. The van der Waals surface area contributed by atoms with Crippen LogP contribution in [0.25, 0.3) is 0 Å². The fraction of sp³-hybridized carbons (Fsp3) is 0.385. The largest absolute Gasteiger partial charge is 0.508 e. The first-order valence-electron chi connectivity index (χ1n) is 6.33. The van der Waals surface area contributed by atoms with E-state index in [1.807, 2.05) is 0 Å². The van der Waals surface area contributed by atoms with Crippen molar-refractivity contribution >= 4 is 35.2 Å². The standard InChI is InChI=1S/C13H12Cl2N2O4/c14-6-1-2-8(18)9(10(6)15)5-3-7-11(12(16)19)21-13(20)17(7)4-5/h1-2,5,7,11,18H,3-4H2,(H2,16,19)/t5-,7-,11+/m0/s1. The van der Waals surface area contributed by atoms with E-state index in [1.165, 1.54) is 17.0 Å². The monoisotopic (exact) mass is 330 g/mol. The van der Waals surface area contributed by atoms with E-state index in [0.29, 0.717) is 23.6 Å². The summed E-state index contributed by atoms with van der Waals surface area (Å²) in [6.45, 7) is 0.293. The van der Waals surface area contributed by atoms with Gasteiger partial charge >= 0.3 is 6.09 Å². The number of cyclic esters (lactones) is 1. The Morgan fingerprint density at radius 3 is 2.81 bits per heavy atom. The predicted molar refractivity (Wildman–Crippen MR) is 75.4 cm³/mol. The van der Waals surface area contributed by atoms with Gasteiger partial charge in [-0.15, -0.1) is 0 Å². The zero-order chi connectivity index (χ0) is 15.3. The number of hydrogen-bond donors (Lipinski definition) is 2. The van der Waals surface area contributed by atoms with Crippen molar-refractivity contribution < 1.29 is 19.4 Å². The van der Waals surface area contributed by atoms with E-state index in [4.69, 9.17) is 33.7 Å². The van der Waals surface area contributed by atoms with Crippen LogP contribution >= 0.6 is 23.2 Å². The molecule has 0 bridgehead atoms. The number of benzene rings is 1. The topological polar surface area (TPSA) is 92.9 Å². The summed E-state index contributed by atoms with van der Waals surface area (Å²) in [5.41, 5.74) is 5.73. The van der Waals surface area contributed by atoms with Crippen LogP contribution in [0.15, 0.2) is 12.1 Å². The van der Waals surface area contributed by atoms with Crippen molar-refractivity contribution in [2.24, 2.45) is 5.73 Å². The summed E-state index contributed by atoms with van der Waals surface area (Å²) in [5.74, 6) is -0.895. The lowest BCUT2D eigenvalue weighted by Crippen LogP contribution is -2.38. The third kappa shape index (κ3) is 2.18. The molecule has 2 aliphatic rings. The van der Waals surface area contributed by atoms with Gasteiger partial charge in [-0.25, -0.2) is 4.79 Å². The zero-order valence-corrected chi connectivity index (χ0v) is 12.3. The fourth-order valence-corrected chi connectivity index (χ4v) is 3.50. The van der Waals surface area contributed by atoms with Crippen LogP contribution in [-0.2, 0) is 9.53 Å². The predicted octanol–water partition coefficient (Wildman–Crippen LogP) is 1.86. The maximum absolute atomic E-state index is 11.8. The smallest absolute Gasteiger partial charge is 0.411 e. The summed E-state index contributed by atoms with van der Waals surface area (Å²) in [4.78, 5) is 24.5. The van der Waals surface area contributed by atoms with Crippen LogP contribution in [0.2, 0.25) is 10.0 Å². The Bertz CT molecular complexity index is 637. The van der Waals surface area contributed by atoms with Gasteiger partial charge in [-0.05, 0) is 18.6 Å². The minimum absolute atomic E-state index is 0.0135.